The predicted molar refractivity (Wildman–Crippen MR) is 160 cm³/mol. The Morgan fingerprint density at radius 3 is 1.98 bits per heavy atom. The van der Waals surface area contributed by atoms with Crippen molar-refractivity contribution in [3.8, 4) is 0 Å². The highest BCUT2D eigenvalue weighted by molar-refractivity contribution is 5.94. The third-order valence-corrected chi connectivity index (χ3v) is 6.41. The number of nitrogens with two attached hydrogens (primary N) is 5. The molecule has 0 bridgehead atoms. The van der Waals surface area contributed by atoms with Gasteiger partial charge in [-0.25, -0.2) is 4.79 Å². The van der Waals surface area contributed by atoms with Crippen LogP contribution in [0.2, 0.25) is 0 Å². The summed E-state index contributed by atoms with van der Waals surface area (Å²) < 4.78 is 0. The van der Waals surface area contributed by atoms with Crippen LogP contribution in [-0.4, -0.2) is 94.7 Å². The maximum atomic E-state index is 13.2. The highest BCUT2D eigenvalue weighted by Gasteiger charge is 2.30. The van der Waals surface area contributed by atoms with Crippen LogP contribution in [-0.2, 0) is 25.6 Å². The van der Waals surface area contributed by atoms with Gasteiger partial charge in [-0.3, -0.25) is 24.4 Å². The number of aromatic nitrogens is 1. The minimum absolute atomic E-state index is 0.0538. The summed E-state index contributed by atoms with van der Waals surface area (Å²) in [5, 5.41) is 27.7. The number of aliphatic imine (C=N–C) groups is 2. The molecule has 16 N–H and O–H groups in total. The Balaban J connectivity index is 2.08. The fourth-order valence-electron chi connectivity index (χ4n) is 4.16. The predicted octanol–water partition coefficient (Wildman–Crippen LogP) is -3.32. The number of aliphatic hydroxyl groups is 1. The van der Waals surface area contributed by atoms with Crippen LogP contribution in [0, 0.1) is 0 Å². The number of carboxylic acids is 1. The monoisotopic (exact) mass is 603 g/mol. The third kappa shape index (κ3) is 11.5. The first-order chi connectivity index (χ1) is 20.4. The highest BCUT2D eigenvalue weighted by Crippen LogP contribution is 2.19. The molecule has 1 heterocycles. The van der Waals surface area contributed by atoms with Gasteiger partial charge in [0.15, 0.2) is 11.9 Å². The molecular weight excluding hydrogens is 562 g/mol. The molecular formula is C26H41N11O6. The first-order valence-corrected chi connectivity index (χ1v) is 13.6. The number of aromatic amines is 1. The molecule has 4 atom stereocenters. The first-order valence-electron chi connectivity index (χ1n) is 13.6. The van der Waals surface area contributed by atoms with Crippen LogP contribution in [0.1, 0.15) is 31.2 Å². The van der Waals surface area contributed by atoms with Crippen molar-refractivity contribution in [1.29, 1.82) is 0 Å². The van der Waals surface area contributed by atoms with E-state index < -0.39 is 54.5 Å². The standard InChI is InChI=1S/C26H41N11O6/c27-16(6-3-9-32-25(28)29)21(39)35-18(8-4-10-33-26(30)31)22(40)37-20(13-38)23(41)36-19(24(42)43)11-14-12-34-17-7-2-1-5-15(14)17/h1-2,5,7,12,16,18-20,34,38H,3-4,6,8-11,13,27H2,(H,35,39)(H,36,41)(H,37,40)(H,42,43)(H4,28,29,32)(H4,30,31,33). The maximum absolute atomic E-state index is 13.2. The number of H-pyrrole nitrogens is 1. The van der Waals surface area contributed by atoms with Crippen LogP contribution >= 0.6 is 0 Å². The summed E-state index contributed by atoms with van der Waals surface area (Å²) in [7, 11) is 0. The lowest BCUT2D eigenvalue weighted by atomic mass is 10.0. The molecule has 0 spiro atoms. The van der Waals surface area contributed by atoms with E-state index in [2.05, 4.69) is 30.9 Å². The number of aliphatic carboxylic acids is 1. The zero-order valence-electron chi connectivity index (χ0n) is 23.7. The highest BCUT2D eigenvalue weighted by atomic mass is 16.4. The number of benzene rings is 1. The molecule has 4 unspecified atom stereocenters. The minimum Gasteiger partial charge on any atom is -0.480 e. The molecule has 1 aromatic heterocycles. The van der Waals surface area contributed by atoms with Gasteiger partial charge >= 0.3 is 5.97 Å². The Morgan fingerprint density at radius 2 is 1.37 bits per heavy atom. The summed E-state index contributed by atoms with van der Waals surface area (Å²) in [6, 6.07) is 2.25. The molecule has 0 saturated heterocycles. The topological polar surface area (TPSA) is 315 Å². The van der Waals surface area contributed by atoms with Gasteiger partial charge in [0.25, 0.3) is 0 Å². The van der Waals surface area contributed by atoms with Gasteiger partial charge in [-0.15, -0.1) is 0 Å². The molecule has 0 saturated carbocycles. The van der Waals surface area contributed by atoms with Crippen molar-refractivity contribution in [2.24, 2.45) is 38.7 Å². The number of nitrogens with zero attached hydrogens (tertiary/aromatic N) is 2. The molecule has 0 aliphatic rings. The number of amides is 3. The van der Waals surface area contributed by atoms with E-state index in [9.17, 15) is 29.4 Å². The largest absolute Gasteiger partial charge is 0.480 e. The van der Waals surface area contributed by atoms with Crippen molar-refractivity contribution in [3.63, 3.8) is 0 Å². The fraction of sp³-hybridized carbons (Fsp3) is 0.462. The zero-order chi connectivity index (χ0) is 31.9. The number of rotatable bonds is 18. The van der Waals surface area contributed by atoms with Gasteiger partial charge in [0, 0.05) is 36.6 Å². The van der Waals surface area contributed by atoms with Crippen molar-refractivity contribution in [1.82, 2.24) is 20.9 Å². The number of para-hydroxylation sites is 1. The Hall–Kier alpha value is -4.90. The summed E-state index contributed by atoms with van der Waals surface area (Å²) in [5.41, 5.74) is 28.6. The van der Waals surface area contributed by atoms with Crippen LogP contribution in [0.3, 0.4) is 0 Å². The number of hydrogen-bond donors (Lipinski definition) is 11. The SMILES string of the molecule is NC(N)=NCCCC(N)C(=O)NC(CCCN=C(N)N)C(=O)NC(CO)C(=O)NC(Cc1c[nH]c2ccccc12)C(=O)O. The second-order valence-electron chi connectivity index (χ2n) is 9.77. The first kappa shape index (κ1) is 34.3. The van der Waals surface area contributed by atoms with Crippen LogP contribution in [0.4, 0.5) is 0 Å². The Morgan fingerprint density at radius 1 is 0.814 bits per heavy atom. The van der Waals surface area contributed by atoms with E-state index in [1.54, 1.807) is 12.3 Å². The van der Waals surface area contributed by atoms with Crippen LogP contribution in [0.5, 0.6) is 0 Å². The normalized spacial score (nSPS) is 13.6. The van der Waals surface area contributed by atoms with Crippen molar-refractivity contribution in [2.75, 3.05) is 19.7 Å². The van der Waals surface area contributed by atoms with Crippen molar-refractivity contribution in [2.45, 2.75) is 56.3 Å². The second kappa shape index (κ2) is 17.1. The molecule has 0 fully saturated rings. The quantitative estimate of drug-likeness (QED) is 0.0455. The van der Waals surface area contributed by atoms with Gasteiger partial charge in [0.05, 0.1) is 12.6 Å². The van der Waals surface area contributed by atoms with E-state index in [1.165, 1.54) is 0 Å². The number of guanidine groups is 2. The lowest BCUT2D eigenvalue weighted by Gasteiger charge is -2.24. The van der Waals surface area contributed by atoms with Crippen LogP contribution in [0.15, 0.2) is 40.4 Å². The maximum Gasteiger partial charge on any atom is 0.326 e. The Bertz CT molecular complexity index is 1300. The summed E-state index contributed by atoms with van der Waals surface area (Å²) in [6.07, 6.45) is 2.56. The van der Waals surface area contributed by atoms with Gasteiger partial charge in [0.1, 0.15) is 18.1 Å². The summed E-state index contributed by atoms with van der Waals surface area (Å²) >= 11 is 0. The molecule has 2 rings (SSSR count). The lowest BCUT2D eigenvalue weighted by molar-refractivity contribution is -0.142. The lowest BCUT2D eigenvalue weighted by Crippen LogP contribution is -2.58. The molecule has 1 aromatic carbocycles. The number of nitrogens with one attached hydrogen (secondary N) is 4. The number of aliphatic hydroxyl groups excluding tert-OH is 1. The van der Waals surface area contributed by atoms with E-state index in [0.29, 0.717) is 12.0 Å². The van der Waals surface area contributed by atoms with Crippen molar-refractivity contribution < 1.29 is 29.4 Å². The number of fused-ring (bicyclic) bond motifs is 1. The van der Waals surface area contributed by atoms with Gasteiger partial charge < -0.3 is 59.8 Å². The molecule has 0 aliphatic heterocycles. The molecule has 236 valence electrons. The smallest absolute Gasteiger partial charge is 0.326 e. The van der Waals surface area contributed by atoms with E-state index in [1.807, 2.05) is 18.2 Å². The molecule has 2 aromatic rings. The summed E-state index contributed by atoms with van der Waals surface area (Å²) in [4.78, 5) is 61.5. The molecule has 43 heavy (non-hydrogen) atoms. The van der Waals surface area contributed by atoms with E-state index in [0.717, 1.165) is 10.9 Å². The average molecular weight is 604 g/mol. The minimum atomic E-state index is -1.51. The van der Waals surface area contributed by atoms with Gasteiger partial charge in [-0.2, -0.15) is 0 Å². The fourth-order valence-corrected chi connectivity index (χ4v) is 4.16. The van der Waals surface area contributed by atoms with Crippen molar-refractivity contribution in [3.05, 3.63) is 36.0 Å². The van der Waals surface area contributed by atoms with E-state index in [4.69, 9.17) is 28.7 Å². The number of carbonyl (C=O) groups is 4. The molecule has 0 radical (unpaired) electrons. The number of hydrogen-bond acceptors (Lipinski definition) is 8. The number of carbonyl (C=O) groups excluding carboxylic acids is 3. The van der Waals surface area contributed by atoms with Gasteiger partial charge in [-0.1, -0.05) is 18.2 Å². The van der Waals surface area contributed by atoms with Gasteiger partial charge in [0.2, 0.25) is 17.7 Å². The Kier molecular flexibility index (Phi) is 13.7. The van der Waals surface area contributed by atoms with Gasteiger partial charge in [-0.05, 0) is 37.3 Å². The zero-order valence-corrected chi connectivity index (χ0v) is 23.7. The summed E-state index contributed by atoms with van der Waals surface area (Å²) in [6.45, 7) is -0.419. The van der Waals surface area contributed by atoms with Crippen LogP contribution in [0.25, 0.3) is 10.9 Å². The van der Waals surface area contributed by atoms with E-state index >= 15 is 0 Å². The molecule has 0 aliphatic carbocycles. The molecule has 17 nitrogen and oxygen atoms in total. The second-order valence-corrected chi connectivity index (χ2v) is 9.77. The molecule has 17 heteroatoms. The third-order valence-electron chi connectivity index (χ3n) is 6.41. The van der Waals surface area contributed by atoms with Crippen molar-refractivity contribution >= 4 is 46.5 Å². The van der Waals surface area contributed by atoms with Crippen LogP contribution < -0.4 is 44.6 Å². The average Bonchev–Trinajstić information content (AvgIpc) is 3.37. The van der Waals surface area contributed by atoms with E-state index in [-0.39, 0.29) is 50.7 Å². The molecule has 3 amide bonds. The Labute approximate surface area is 247 Å². The number of carboxylic acid groups (broad SMARTS) is 1. The summed E-state index contributed by atoms with van der Waals surface area (Å²) in [5.74, 6) is -3.91.